The lowest BCUT2D eigenvalue weighted by atomic mass is 10.1. The van der Waals surface area contributed by atoms with Gasteiger partial charge < -0.3 is 10.1 Å². The van der Waals surface area contributed by atoms with Crippen LogP contribution in [0.2, 0.25) is 0 Å². The normalized spacial score (nSPS) is 13.8. The Morgan fingerprint density at radius 3 is 2.75 bits per heavy atom. The summed E-state index contributed by atoms with van der Waals surface area (Å²) in [6.07, 6.45) is 2.48. The van der Waals surface area contributed by atoms with E-state index in [-0.39, 0.29) is 10.9 Å². The first-order valence-electron chi connectivity index (χ1n) is 6.30. The Balaban J connectivity index is 2.60. The number of nitro benzene ring substituents is 1. The topological polar surface area (TPSA) is 81.5 Å². The largest absolute Gasteiger partial charge is 0.496 e. The van der Waals surface area contributed by atoms with Gasteiger partial charge in [-0.3, -0.25) is 14.3 Å². The standard InChI is InChI=1S/C13H20N2O4S/c1-10(20(3)18)6-7-14-9-11-8-12(15(16)17)4-5-13(11)19-2/h4-5,8,10,14H,6-7,9H2,1-3H3. The molecule has 0 heterocycles. The quantitative estimate of drug-likeness (QED) is 0.450. The van der Waals surface area contributed by atoms with Gasteiger partial charge in [0.2, 0.25) is 0 Å². The number of rotatable bonds is 8. The Hall–Kier alpha value is -1.47. The summed E-state index contributed by atoms with van der Waals surface area (Å²) in [5.74, 6) is 0.621. The van der Waals surface area contributed by atoms with Crippen molar-refractivity contribution in [2.45, 2.75) is 25.1 Å². The molecule has 1 N–H and O–H groups in total. The molecule has 0 bridgehead atoms. The van der Waals surface area contributed by atoms with Gasteiger partial charge in [0.15, 0.2) is 0 Å². The predicted molar refractivity (Wildman–Crippen MR) is 79.5 cm³/mol. The van der Waals surface area contributed by atoms with E-state index in [1.165, 1.54) is 19.2 Å². The van der Waals surface area contributed by atoms with Crippen molar-refractivity contribution in [1.82, 2.24) is 5.32 Å². The molecule has 20 heavy (non-hydrogen) atoms. The Kier molecular flexibility index (Phi) is 6.60. The Bertz CT molecular complexity index is 493. The van der Waals surface area contributed by atoms with Crippen molar-refractivity contribution in [2.24, 2.45) is 0 Å². The van der Waals surface area contributed by atoms with Crippen molar-refractivity contribution < 1.29 is 13.9 Å². The number of non-ortho nitro benzene ring substituents is 1. The fourth-order valence-corrected chi connectivity index (χ4v) is 2.16. The van der Waals surface area contributed by atoms with Gasteiger partial charge in [0.25, 0.3) is 5.69 Å². The van der Waals surface area contributed by atoms with Crippen molar-refractivity contribution in [2.75, 3.05) is 19.9 Å². The number of nitrogens with one attached hydrogen (secondary N) is 1. The minimum Gasteiger partial charge on any atom is -0.496 e. The zero-order valence-electron chi connectivity index (χ0n) is 11.9. The highest BCUT2D eigenvalue weighted by Gasteiger charge is 2.11. The van der Waals surface area contributed by atoms with Crippen molar-refractivity contribution >= 4 is 16.5 Å². The van der Waals surface area contributed by atoms with Crippen LogP contribution in [0.1, 0.15) is 18.9 Å². The maximum Gasteiger partial charge on any atom is 0.270 e. The molecular weight excluding hydrogens is 280 g/mol. The molecule has 0 aliphatic heterocycles. The Morgan fingerprint density at radius 2 is 2.20 bits per heavy atom. The van der Waals surface area contributed by atoms with Crippen molar-refractivity contribution in [3.05, 3.63) is 33.9 Å². The number of benzene rings is 1. The molecule has 1 aromatic rings. The second kappa shape index (κ2) is 7.96. The minimum absolute atomic E-state index is 0.0469. The van der Waals surface area contributed by atoms with E-state index in [1.807, 2.05) is 6.92 Å². The number of hydrogen-bond donors (Lipinski definition) is 1. The molecule has 7 heteroatoms. The molecule has 0 aliphatic rings. The lowest BCUT2D eigenvalue weighted by molar-refractivity contribution is -0.384. The van der Waals surface area contributed by atoms with Crippen molar-refractivity contribution in [3.8, 4) is 5.75 Å². The van der Waals surface area contributed by atoms with Gasteiger partial charge in [-0.2, -0.15) is 0 Å². The third-order valence-electron chi connectivity index (χ3n) is 3.08. The highest BCUT2D eigenvalue weighted by molar-refractivity contribution is 7.84. The summed E-state index contributed by atoms with van der Waals surface area (Å²) in [5.41, 5.74) is 0.789. The molecule has 0 saturated heterocycles. The molecule has 0 spiro atoms. The van der Waals surface area contributed by atoms with Gasteiger partial charge in [-0.25, -0.2) is 0 Å². The molecule has 0 fully saturated rings. The number of ether oxygens (including phenoxy) is 1. The highest BCUT2D eigenvalue weighted by Crippen LogP contribution is 2.23. The lowest BCUT2D eigenvalue weighted by Crippen LogP contribution is -2.21. The lowest BCUT2D eigenvalue weighted by Gasteiger charge is -2.11. The summed E-state index contributed by atoms with van der Waals surface area (Å²) >= 11 is 0. The van der Waals surface area contributed by atoms with E-state index in [1.54, 1.807) is 12.3 Å². The molecule has 0 aliphatic carbocycles. The second-order valence-electron chi connectivity index (χ2n) is 4.53. The van der Waals surface area contributed by atoms with Crippen LogP contribution >= 0.6 is 0 Å². The molecule has 0 saturated carbocycles. The number of hydrogen-bond acceptors (Lipinski definition) is 5. The summed E-state index contributed by atoms with van der Waals surface area (Å²) in [6.45, 7) is 3.12. The molecule has 2 unspecified atom stereocenters. The van der Waals surface area contributed by atoms with E-state index in [9.17, 15) is 14.3 Å². The first-order valence-corrected chi connectivity index (χ1v) is 7.92. The van der Waals surface area contributed by atoms with Gasteiger partial charge >= 0.3 is 0 Å². The number of nitro groups is 1. The summed E-state index contributed by atoms with van der Waals surface area (Å²) in [4.78, 5) is 10.3. The van der Waals surface area contributed by atoms with Gasteiger partial charge in [-0.15, -0.1) is 0 Å². The Labute approximate surface area is 121 Å². The maximum absolute atomic E-state index is 11.2. The first-order chi connectivity index (χ1) is 9.45. The molecule has 0 radical (unpaired) electrons. The first kappa shape index (κ1) is 16.6. The maximum atomic E-state index is 11.2. The molecule has 0 amide bonds. The van der Waals surface area contributed by atoms with Crippen LogP contribution < -0.4 is 10.1 Å². The highest BCUT2D eigenvalue weighted by atomic mass is 32.2. The van der Waals surface area contributed by atoms with Gasteiger partial charge in [-0.1, -0.05) is 6.92 Å². The third-order valence-corrected chi connectivity index (χ3v) is 4.45. The summed E-state index contributed by atoms with van der Waals surface area (Å²) in [5, 5.41) is 14.1. The zero-order chi connectivity index (χ0) is 15.1. The number of methoxy groups -OCH3 is 1. The van der Waals surface area contributed by atoms with E-state index >= 15 is 0 Å². The van der Waals surface area contributed by atoms with Crippen LogP contribution in [-0.4, -0.2) is 34.3 Å². The SMILES string of the molecule is COc1ccc([N+](=O)[O-])cc1CNCCC(C)S(C)=O. The van der Waals surface area contributed by atoms with Crippen LogP contribution in [0, 0.1) is 10.1 Å². The van der Waals surface area contributed by atoms with Crippen LogP contribution in [0.15, 0.2) is 18.2 Å². The molecule has 6 nitrogen and oxygen atoms in total. The average molecular weight is 300 g/mol. The van der Waals surface area contributed by atoms with Crippen LogP contribution in [0.25, 0.3) is 0 Å². The van der Waals surface area contributed by atoms with Gasteiger partial charge in [0, 0.05) is 46.5 Å². The Morgan fingerprint density at radius 1 is 1.50 bits per heavy atom. The van der Waals surface area contributed by atoms with Gasteiger partial charge in [-0.05, 0) is 19.0 Å². The zero-order valence-corrected chi connectivity index (χ0v) is 12.7. The monoisotopic (exact) mass is 300 g/mol. The predicted octanol–water partition coefficient (Wildman–Crippen LogP) is 1.85. The van der Waals surface area contributed by atoms with Gasteiger partial charge in [0.05, 0.1) is 12.0 Å². The fraction of sp³-hybridized carbons (Fsp3) is 0.538. The van der Waals surface area contributed by atoms with E-state index in [0.717, 1.165) is 12.0 Å². The van der Waals surface area contributed by atoms with Crippen LogP contribution in [0.3, 0.4) is 0 Å². The van der Waals surface area contributed by atoms with E-state index in [2.05, 4.69) is 5.32 Å². The van der Waals surface area contributed by atoms with Gasteiger partial charge in [0.1, 0.15) is 5.75 Å². The smallest absolute Gasteiger partial charge is 0.270 e. The van der Waals surface area contributed by atoms with Crippen LogP contribution in [0.4, 0.5) is 5.69 Å². The molecule has 1 aromatic carbocycles. The molecule has 112 valence electrons. The van der Waals surface area contributed by atoms with E-state index in [4.69, 9.17) is 4.74 Å². The summed E-state index contributed by atoms with van der Waals surface area (Å²) in [7, 11) is 0.707. The molecule has 2 atom stereocenters. The molecule has 1 rings (SSSR count). The van der Waals surface area contributed by atoms with Crippen LogP contribution in [0.5, 0.6) is 5.75 Å². The second-order valence-corrected chi connectivity index (χ2v) is 6.33. The minimum atomic E-state index is -0.828. The molecular formula is C13H20N2O4S. The summed E-state index contributed by atoms with van der Waals surface area (Å²) in [6, 6.07) is 4.52. The van der Waals surface area contributed by atoms with Crippen LogP contribution in [-0.2, 0) is 17.3 Å². The van der Waals surface area contributed by atoms with Crippen molar-refractivity contribution in [3.63, 3.8) is 0 Å². The fourth-order valence-electron chi connectivity index (χ4n) is 1.71. The number of nitrogens with zero attached hydrogens (tertiary/aromatic N) is 1. The van der Waals surface area contributed by atoms with Crippen molar-refractivity contribution in [1.29, 1.82) is 0 Å². The molecule has 0 aromatic heterocycles. The average Bonchev–Trinajstić information content (AvgIpc) is 2.42. The summed E-state index contributed by atoms with van der Waals surface area (Å²) < 4.78 is 16.4. The van der Waals surface area contributed by atoms with E-state index < -0.39 is 15.7 Å². The third kappa shape index (κ3) is 4.90. The van der Waals surface area contributed by atoms with E-state index in [0.29, 0.717) is 18.8 Å².